The Labute approximate surface area is 107 Å². The summed E-state index contributed by atoms with van der Waals surface area (Å²) < 4.78 is 0. The second kappa shape index (κ2) is 4.52. The number of hydrogen-bond acceptors (Lipinski definition) is 3. The molecule has 0 heterocycles. The highest BCUT2D eigenvalue weighted by molar-refractivity contribution is 5.97. The molecule has 1 aromatic carbocycles. The van der Waals surface area contributed by atoms with Crippen molar-refractivity contribution in [3.8, 4) is 0 Å². The van der Waals surface area contributed by atoms with Crippen molar-refractivity contribution in [2.24, 2.45) is 11.3 Å². The fraction of sp³-hybridized carbons (Fsp3) is 0.500. The molecule has 98 valence electrons. The number of rotatable bonds is 5. The highest BCUT2D eigenvalue weighted by atomic mass is 16.4. The number of nitrogens with one attached hydrogen (secondary N) is 1. The van der Waals surface area contributed by atoms with Gasteiger partial charge in [-0.15, -0.1) is 0 Å². The van der Waals surface area contributed by atoms with Gasteiger partial charge in [0.2, 0.25) is 0 Å². The van der Waals surface area contributed by atoms with E-state index in [4.69, 9.17) is 10.8 Å². The van der Waals surface area contributed by atoms with Gasteiger partial charge in [-0.3, -0.25) is 0 Å². The number of nitrogen functional groups attached to an aromatic ring is 1. The highest BCUT2D eigenvalue weighted by Crippen LogP contribution is 2.51. The second-order valence-electron chi connectivity index (χ2n) is 5.45. The molecule has 0 radical (unpaired) electrons. The van der Waals surface area contributed by atoms with Crippen LogP contribution in [0.25, 0.3) is 0 Å². The van der Waals surface area contributed by atoms with Crippen LogP contribution in [0.5, 0.6) is 0 Å². The first-order valence-corrected chi connectivity index (χ1v) is 6.32. The number of carboxylic acids is 1. The van der Waals surface area contributed by atoms with Gasteiger partial charge in [-0.1, -0.05) is 19.9 Å². The molecule has 0 bridgehead atoms. The van der Waals surface area contributed by atoms with Gasteiger partial charge in [0.15, 0.2) is 0 Å². The third-order valence-corrected chi connectivity index (χ3v) is 4.06. The SMILES string of the molecule is CC(C)C1(CNc2c(N)cccc2C(=O)O)CC1. The van der Waals surface area contributed by atoms with E-state index in [1.165, 1.54) is 12.8 Å². The minimum atomic E-state index is -0.945. The van der Waals surface area contributed by atoms with Gasteiger partial charge < -0.3 is 16.2 Å². The summed E-state index contributed by atoms with van der Waals surface area (Å²) in [6.07, 6.45) is 2.40. The number of para-hydroxylation sites is 1. The molecule has 18 heavy (non-hydrogen) atoms. The van der Waals surface area contributed by atoms with Crippen molar-refractivity contribution >= 4 is 17.3 Å². The first kappa shape index (κ1) is 12.7. The van der Waals surface area contributed by atoms with Gasteiger partial charge >= 0.3 is 5.97 Å². The van der Waals surface area contributed by atoms with Crippen LogP contribution in [0.2, 0.25) is 0 Å². The Morgan fingerprint density at radius 1 is 1.50 bits per heavy atom. The molecule has 1 aliphatic rings. The Kier molecular flexibility index (Phi) is 3.20. The van der Waals surface area contributed by atoms with E-state index in [9.17, 15) is 4.79 Å². The predicted molar refractivity (Wildman–Crippen MR) is 72.8 cm³/mol. The van der Waals surface area contributed by atoms with Crippen molar-refractivity contribution in [2.75, 3.05) is 17.6 Å². The maximum Gasteiger partial charge on any atom is 0.337 e. The third-order valence-electron chi connectivity index (χ3n) is 4.06. The van der Waals surface area contributed by atoms with Crippen LogP contribution in [0.15, 0.2) is 18.2 Å². The number of nitrogens with two attached hydrogens (primary N) is 1. The molecular formula is C14H20N2O2. The van der Waals surface area contributed by atoms with Crippen LogP contribution in [0.3, 0.4) is 0 Å². The average Bonchev–Trinajstić information content (AvgIpc) is 3.08. The van der Waals surface area contributed by atoms with Gasteiger partial charge in [-0.05, 0) is 36.3 Å². The maximum atomic E-state index is 11.2. The zero-order valence-electron chi connectivity index (χ0n) is 10.9. The van der Waals surface area contributed by atoms with E-state index in [0.717, 1.165) is 6.54 Å². The Morgan fingerprint density at radius 3 is 2.67 bits per heavy atom. The molecular weight excluding hydrogens is 228 g/mol. The summed E-state index contributed by atoms with van der Waals surface area (Å²) in [6, 6.07) is 4.97. The molecule has 0 saturated heterocycles. The highest BCUT2D eigenvalue weighted by Gasteiger charge is 2.45. The van der Waals surface area contributed by atoms with E-state index < -0.39 is 5.97 Å². The lowest BCUT2D eigenvalue weighted by Crippen LogP contribution is -2.22. The number of anilines is 2. The quantitative estimate of drug-likeness (QED) is 0.700. The normalized spacial score (nSPS) is 16.6. The number of hydrogen-bond donors (Lipinski definition) is 3. The molecule has 0 atom stereocenters. The van der Waals surface area contributed by atoms with Gasteiger partial charge in [-0.2, -0.15) is 0 Å². The smallest absolute Gasteiger partial charge is 0.337 e. The van der Waals surface area contributed by atoms with Crippen LogP contribution in [-0.4, -0.2) is 17.6 Å². The summed E-state index contributed by atoms with van der Waals surface area (Å²) >= 11 is 0. The number of carbonyl (C=O) groups is 1. The minimum Gasteiger partial charge on any atom is -0.478 e. The predicted octanol–water partition coefficient (Wildman–Crippen LogP) is 2.82. The monoisotopic (exact) mass is 248 g/mol. The van der Waals surface area contributed by atoms with Crippen LogP contribution >= 0.6 is 0 Å². The van der Waals surface area contributed by atoms with E-state index >= 15 is 0 Å². The van der Waals surface area contributed by atoms with Crippen molar-refractivity contribution in [3.05, 3.63) is 23.8 Å². The summed E-state index contributed by atoms with van der Waals surface area (Å²) in [6.45, 7) is 5.21. The van der Waals surface area contributed by atoms with Gasteiger partial charge in [0.05, 0.1) is 16.9 Å². The summed E-state index contributed by atoms with van der Waals surface area (Å²) in [7, 11) is 0. The van der Waals surface area contributed by atoms with E-state index in [1.54, 1.807) is 18.2 Å². The van der Waals surface area contributed by atoms with E-state index in [2.05, 4.69) is 19.2 Å². The zero-order chi connectivity index (χ0) is 13.3. The van der Waals surface area contributed by atoms with Crippen molar-refractivity contribution in [1.82, 2.24) is 0 Å². The molecule has 4 N–H and O–H groups in total. The van der Waals surface area contributed by atoms with Crippen molar-refractivity contribution in [2.45, 2.75) is 26.7 Å². The number of benzene rings is 1. The van der Waals surface area contributed by atoms with Gasteiger partial charge in [0, 0.05) is 6.54 Å². The number of carboxylic acid groups (broad SMARTS) is 1. The van der Waals surface area contributed by atoms with Gasteiger partial charge in [-0.25, -0.2) is 4.79 Å². The lowest BCUT2D eigenvalue weighted by molar-refractivity contribution is 0.0698. The van der Waals surface area contributed by atoms with Crippen LogP contribution in [0.1, 0.15) is 37.0 Å². The molecule has 0 aliphatic heterocycles. The fourth-order valence-corrected chi connectivity index (χ4v) is 2.33. The van der Waals surface area contributed by atoms with Crippen LogP contribution in [-0.2, 0) is 0 Å². The fourth-order valence-electron chi connectivity index (χ4n) is 2.33. The van der Waals surface area contributed by atoms with Crippen molar-refractivity contribution in [3.63, 3.8) is 0 Å². The van der Waals surface area contributed by atoms with Crippen molar-refractivity contribution < 1.29 is 9.90 Å². The average molecular weight is 248 g/mol. The maximum absolute atomic E-state index is 11.2. The lowest BCUT2D eigenvalue weighted by atomic mass is 9.92. The third kappa shape index (κ3) is 2.28. The summed E-state index contributed by atoms with van der Waals surface area (Å²) in [5.74, 6) is -0.345. The molecule has 0 spiro atoms. The Morgan fingerprint density at radius 2 is 2.17 bits per heavy atom. The molecule has 1 aliphatic carbocycles. The molecule has 1 fully saturated rings. The Bertz CT molecular complexity index is 465. The van der Waals surface area contributed by atoms with E-state index in [-0.39, 0.29) is 5.56 Å². The first-order chi connectivity index (χ1) is 8.46. The van der Waals surface area contributed by atoms with Crippen LogP contribution in [0.4, 0.5) is 11.4 Å². The lowest BCUT2D eigenvalue weighted by Gasteiger charge is -2.22. The topological polar surface area (TPSA) is 75.3 Å². The molecule has 1 aromatic rings. The van der Waals surface area contributed by atoms with E-state index in [1.807, 2.05) is 0 Å². The molecule has 2 rings (SSSR count). The van der Waals surface area contributed by atoms with Gasteiger partial charge in [0.1, 0.15) is 0 Å². The van der Waals surface area contributed by atoms with Gasteiger partial charge in [0.25, 0.3) is 0 Å². The second-order valence-corrected chi connectivity index (χ2v) is 5.45. The summed E-state index contributed by atoms with van der Waals surface area (Å²) in [5, 5.41) is 12.4. The van der Waals surface area contributed by atoms with E-state index in [0.29, 0.717) is 22.7 Å². The standard InChI is InChI=1S/C14H20N2O2/c1-9(2)14(6-7-14)8-16-12-10(13(17)18)4-3-5-11(12)15/h3-5,9,16H,6-8,15H2,1-2H3,(H,17,18). The summed E-state index contributed by atoms with van der Waals surface area (Å²) in [4.78, 5) is 11.2. The molecule has 1 saturated carbocycles. The van der Waals surface area contributed by atoms with Crippen LogP contribution < -0.4 is 11.1 Å². The zero-order valence-corrected chi connectivity index (χ0v) is 10.9. The first-order valence-electron chi connectivity index (χ1n) is 6.32. The Balaban J connectivity index is 2.17. The molecule has 0 amide bonds. The van der Waals surface area contributed by atoms with Crippen LogP contribution in [0, 0.1) is 11.3 Å². The van der Waals surface area contributed by atoms with Crippen molar-refractivity contribution in [1.29, 1.82) is 0 Å². The molecule has 4 heteroatoms. The summed E-state index contributed by atoms with van der Waals surface area (Å²) in [5.41, 5.74) is 7.47. The minimum absolute atomic E-state index is 0.245. The molecule has 0 unspecified atom stereocenters. The molecule has 0 aromatic heterocycles. The number of aromatic carboxylic acids is 1. The Hall–Kier alpha value is -1.71. The largest absolute Gasteiger partial charge is 0.478 e. The molecule has 4 nitrogen and oxygen atoms in total.